The quantitative estimate of drug-likeness (QED) is 0.799. The highest BCUT2D eigenvalue weighted by Crippen LogP contribution is 2.32. The first kappa shape index (κ1) is 18.0. The van der Waals surface area contributed by atoms with Crippen LogP contribution < -0.4 is 0 Å². The monoisotopic (exact) mass is 364 g/mol. The summed E-state index contributed by atoms with van der Waals surface area (Å²) in [6, 6.07) is 0. The van der Waals surface area contributed by atoms with Gasteiger partial charge in [0.05, 0.1) is 17.6 Å². The Morgan fingerprint density at radius 3 is 2.72 bits per heavy atom. The minimum absolute atomic E-state index is 0.0251. The van der Waals surface area contributed by atoms with Crippen molar-refractivity contribution in [3.8, 4) is 11.3 Å². The normalized spacial score (nSPS) is 19.4. The highest BCUT2D eigenvalue weighted by Gasteiger charge is 2.33. The molecule has 1 saturated heterocycles. The molecule has 0 saturated carbocycles. The van der Waals surface area contributed by atoms with Gasteiger partial charge in [-0.25, -0.2) is 0 Å². The molecule has 0 bridgehead atoms. The molecule has 0 aliphatic carbocycles. The third-order valence-corrected chi connectivity index (χ3v) is 6.42. The van der Waals surface area contributed by atoms with E-state index in [2.05, 4.69) is 15.1 Å². The maximum atomic E-state index is 12.5. The summed E-state index contributed by atoms with van der Waals surface area (Å²) in [6.07, 6.45) is 8.77. The standard InChI is InChI=1S/C16H24N6O2S/c1-4-21-11-14(10-19-21)16-15(17-7-8-18-16)13-6-5-9-22(12-13)25(23,24)20(2)3/h7-8,10-11,13H,4-6,9,12H2,1-3H3/t13-/m1/s1. The summed E-state index contributed by atoms with van der Waals surface area (Å²) in [4.78, 5) is 9.04. The van der Waals surface area contributed by atoms with Gasteiger partial charge in [0.2, 0.25) is 0 Å². The second-order valence-corrected chi connectivity index (χ2v) is 8.50. The van der Waals surface area contributed by atoms with E-state index in [4.69, 9.17) is 0 Å². The van der Waals surface area contributed by atoms with Crippen LogP contribution in [-0.4, -0.2) is 64.0 Å². The SMILES string of the molecule is CCn1cc(-c2nccnc2[C@@H]2CCCN(S(=O)(=O)N(C)C)C2)cn1. The molecule has 136 valence electrons. The Bertz CT molecular complexity index is 833. The molecule has 3 rings (SSSR count). The van der Waals surface area contributed by atoms with Gasteiger partial charge in [-0.3, -0.25) is 14.6 Å². The molecule has 9 heteroatoms. The van der Waals surface area contributed by atoms with Gasteiger partial charge >= 0.3 is 0 Å². The lowest BCUT2D eigenvalue weighted by Crippen LogP contribution is -2.45. The third kappa shape index (κ3) is 3.58. The summed E-state index contributed by atoms with van der Waals surface area (Å²) in [7, 11) is -0.293. The average Bonchev–Trinajstić information content (AvgIpc) is 3.11. The van der Waals surface area contributed by atoms with Crippen molar-refractivity contribution in [2.45, 2.75) is 32.2 Å². The van der Waals surface area contributed by atoms with E-state index in [9.17, 15) is 8.42 Å². The molecule has 0 radical (unpaired) electrons. The fraction of sp³-hybridized carbons (Fsp3) is 0.562. The highest BCUT2D eigenvalue weighted by molar-refractivity contribution is 7.86. The fourth-order valence-electron chi connectivity index (χ4n) is 3.13. The summed E-state index contributed by atoms with van der Waals surface area (Å²) >= 11 is 0. The Kier molecular flexibility index (Phi) is 5.16. The predicted octanol–water partition coefficient (Wildman–Crippen LogP) is 1.35. The summed E-state index contributed by atoms with van der Waals surface area (Å²) < 4.78 is 29.6. The smallest absolute Gasteiger partial charge is 0.272 e. The number of nitrogens with zero attached hydrogens (tertiary/aromatic N) is 6. The van der Waals surface area contributed by atoms with E-state index < -0.39 is 10.2 Å². The molecule has 0 spiro atoms. The van der Waals surface area contributed by atoms with Crippen LogP contribution in [0, 0.1) is 0 Å². The Balaban J connectivity index is 1.92. The summed E-state index contributed by atoms with van der Waals surface area (Å²) in [5.74, 6) is 0.0251. The highest BCUT2D eigenvalue weighted by atomic mass is 32.2. The fourth-order valence-corrected chi connectivity index (χ4v) is 4.32. The lowest BCUT2D eigenvalue weighted by Gasteiger charge is -2.33. The molecule has 8 nitrogen and oxygen atoms in total. The second-order valence-electron chi connectivity index (χ2n) is 6.36. The van der Waals surface area contributed by atoms with Gasteiger partial charge in [0, 0.05) is 63.8 Å². The van der Waals surface area contributed by atoms with Gasteiger partial charge in [0.25, 0.3) is 10.2 Å². The number of rotatable bonds is 5. The number of piperidine rings is 1. The number of hydrogen-bond acceptors (Lipinski definition) is 5. The summed E-state index contributed by atoms with van der Waals surface area (Å²) in [5, 5.41) is 4.31. The average molecular weight is 364 g/mol. The van der Waals surface area contributed by atoms with Crippen LogP contribution in [0.15, 0.2) is 24.8 Å². The van der Waals surface area contributed by atoms with Crippen molar-refractivity contribution in [2.24, 2.45) is 0 Å². The molecule has 3 heterocycles. The first-order valence-electron chi connectivity index (χ1n) is 8.44. The van der Waals surface area contributed by atoms with Gasteiger partial charge in [-0.2, -0.15) is 22.1 Å². The third-order valence-electron chi connectivity index (χ3n) is 4.52. The van der Waals surface area contributed by atoms with Crippen LogP contribution in [0.25, 0.3) is 11.3 Å². The van der Waals surface area contributed by atoms with Crippen molar-refractivity contribution in [1.82, 2.24) is 28.4 Å². The summed E-state index contributed by atoms with van der Waals surface area (Å²) in [5.41, 5.74) is 2.55. The van der Waals surface area contributed by atoms with E-state index >= 15 is 0 Å². The maximum Gasteiger partial charge on any atom is 0.281 e. The first-order chi connectivity index (χ1) is 11.9. The van der Waals surface area contributed by atoms with Crippen LogP contribution in [0.1, 0.15) is 31.4 Å². The Morgan fingerprint density at radius 2 is 2.04 bits per heavy atom. The topological polar surface area (TPSA) is 84.2 Å². The zero-order valence-corrected chi connectivity index (χ0v) is 15.6. The molecule has 0 aromatic carbocycles. The van der Waals surface area contributed by atoms with Crippen molar-refractivity contribution in [2.75, 3.05) is 27.2 Å². The molecule has 0 amide bonds. The Labute approximate surface area is 148 Å². The van der Waals surface area contributed by atoms with Crippen molar-refractivity contribution in [3.05, 3.63) is 30.5 Å². The lowest BCUT2D eigenvalue weighted by atomic mass is 9.93. The molecule has 1 aliphatic rings. The van der Waals surface area contributed by atoms with Crippen LogP contribution in [0.4, 0.5) is 0 Å². The zero-order valence-electron chi connectivity index (χ0n) is 14.8. The van der Waals surface area contributed by atoms with E-state index in [1.807, 2.05) is 17.8 Å². The van der Waals surface area contributed by atoms with E-state index in [0.717, 1.165) is 36.3 Å². The lowest BCUT2D eigenvalue weighted by molar-refractivity contribution is 0.296. The van der Waals surface area contributed by atoms with Gasteiger partial charge in [0.15, 0.2) is 0 Å². The number of hydrogen-bond donors (Lipinski definition) is 0. The van der Waals surface area contributed by atoms with Crippen LogP contribution in [0.2, 0.25) is 0 Å². The van der Waals surface area contributed by atoms with E-state index in [1.165, 1.54) is 8.61 Å². The van der Waals surface area contributed by atoms with E-state index in [1.54, 1.807) is 32.7 Å². The molecule has 1 fully saturated rings. The van der Waals surface area contributed by atoms with E-state index in [-0.39, 0.29) is 5.92 Å². The Morgan fingerprint density at radius 1 is 1.28 bits per heavy atom. The van der Waals surface area contributed by atoms with Crippen LogP contribution in [0.3, 0.4) is 0 Å². The van der Waals surface area contributed by atoms with Crippen molar-refractivity contribution < 1.29 is 8.42 Å². The second kappa shape index (κ2) is 7.19. The van der Waals surface area contributed by atoms with Crippen molar-refractivity contribution in [1.29, 1.82) is 0 Å². The largest absolute Gasteiger partial charge is 0.281 e. The molecular formula is C16H24N6O2S. The van der Waals surface area contributed by atoms with Gasteiger partial charge in [-0.1, -0.05) is 0 Å². The van der Waals surface area contributed by atoms with Crippen LogP contribution in [0.5, 0.6) is 0 Å². The minimum Gasteiger partial charge on any atom is -0.272 e. The predicted molar refractivity (Wildman–Crippen MR) is 95.1 cm³/mol. The molecule has 25 heavy (non-hydrogen) atoms. The molecule has 1 atom stereocenters. The van der Waals surface area contributed by atoms with Crippen molar-refractivity contribution in [3.63, 3.8) is 0 Å². The maximum absolute atomic E-state index is 12.5. The molecule has 2 aromatic rings. The van der Waals surface area contributed by atoms with Crippen LogP contribution >= 0.6 is 0 Å². The number of aryl methyl sites for hydroxylation is 1. The molecule has 0 N–H and O–H groups in total. The van der Waals surface area contributed by atoms with Gasteiger partial charge in [-0.05, 0) is 19.8 Å². The van der Waals surface area contributed by atoms with Crippen molar-refractivity contribution >= 4 is 10.2 Å². The van der Waals surface area contributed by atoms with Gasteiger partial charge < -0.3 is 0 Å². The molecule has 2 aromatic heterocycles. The Hall–Kier alpha value is -1.84. The first-order valence-corrected chi connectivity index (χ1v) is 9.84. The van der Waals surface area contributed by atoms with Crippen LogP contribution in [-0.2, 0) is 16.8 Å². The summed E-state index contributed by atoms with van der Waals surface area (Å²) in [6.45, 7) is 3.78. The van der Waals surface area contributed by atoms with Gasteiger partial charge in [-0.15, -0.1) is 0 Å². The molecule has 0 unspecified atom stereocenters. The minimum atomic E-state index is -3.42. The molecular weight excluding hydrogens is 340 g/mol. The van der Waals surface area contributed by atoms with E-state index in [0.29, 0.717) is 13.1 Å². The zero-order chi connectivity index (χ0) is 18.0. The molecule has 1 aliphatic heterocycles. The van der Waals surface area contributed by atoms with Gasteiger partial charge in [0.1, 0.15) is 0 Å². The number of aromatic nitrogens is 4.